The third-order valence-electron chi connectivity index (χ3n) is 4.33. The lowest BCUT2D eigenvalue weighted by Gasteiger charge is -2.13. The summed E-state index contributed by atoms with van der Waals surface area (Å²) in [5.41, 5.74) is 1.59. The zero-order valence-corrected chi connectivity index (χ0v) is 17.7. The third-order valence-corrected chi connectivity index (χ3v) is 5.21. The molecule has 0 aliphatic carbocycles. The number of nitrogens with one attached hydrogen (secondary N) is 1. The molecule has 1 aromatic heterocycles. The number of nitrogens with zero attached hydrogens (tertiary/aromatic N) is 1. The van der Waals surface area contributed by atoms with Crippen molar-refractivity contribution in [3.05, 3.63) is 52.4 Å². The van der Waals surface area contributed by atoms with Crippen LogP contribution < -0.4 is 19.5 Å². The molecule has 3 aromatic rings. The van der Waals surface area contributed by atoms with Crippen molar-refractivity contribution in [1.29, 1.82) is 0 Å². The summed E-state index contributed by atoms with van der Waals surface area (Å²) < 4.78 is 42.6. The van der Waals surface area contributed by atoms with Crippen molar-refractivity contribution in [1.82, 2.24) is 4.98 Å². The number of anilines is 1. The van der Waals surface area contributed by atoms with E-state index < -0.39 is 11.6 Å². The highest BCUT2D eigenvalue weighted by Crippen LogP contribution is 2.38. The first-order valence-electron chi connectivity index (χ1n) is 8.87. The number of rotatable bonds is 7. The second-order valence-electron chi connectivity index (χ2n) is 6.31. The highest BCUT2D eigenvalue weighted by Gasteiger charge is 2.17. The van der Waals surface area contributed by atoms with E-state index in [1.165, 1.54) is 38.7 Å². The second-order valence-corrected chi connectivity index (χ2v) is 7.51. The van der Waals surface area contributed by atoms with Gasteiger partial charge in [0, 0.05) is 10.4 Å². The molecule has 0 saturated carbocycles. The highest BCUT2D eigenvalue weighted by molar-refractivity contribution is 7.16. The van der Waals surface area contributed by atoms with Crippen LogP contribution in [0.15, 0.2) is 30.3 Å². The number of carbonyl (C=O) groups excluding carboxylic acids is 1. The number of aromatic nitrogens is 1. The Morgan fingerprint density at radius 1 is 1.03 bits per heavy atom. The molecule has 0 spiro atoms. The Bertz CT molecular complexity index is 1060. The predicted octanol–water partition coefficient (Wildman–Crippen LogP) is 4.60. The second kappa shape index (κ2) is 9.08. The molecule has 0 saturated heterocycles. The number of hydrogen-bond donors (Lipinski definition) is 1. The van der Waals surface area contributed by atoms with Crippen molar-refractivity contribution in [2.75, 3.05) is 26.6 Å². The first-order valence-corrected chi connectivity index (χ1v) is 9.69. The van der Waals surface area contributed by atoms with Crippen LogP contribution in [0.25, 0.3) is 11.3 Å². The average Bonchev–Trinajstić information content (AvgIpc) is 3.08. The zero-order chi connectivity index (χ0) is 21.8. The fourth-order valence-electron chi connectivity index (χ4n) is 2.95. The van der Waals surface area contributed by atoms with Gasteiger partial charge in [-0.3, -0.25) is 4.79 Å². The number of hydrogen-bond acceptors (Lipinski definition) is 6. The molecule has 1 amide bonds. The van der Waals surface area contributed by atoms with Crippen LogP contribution >= 0.6 is 11.3 Å². The van der Waals surface area contributed by atoms with Gasteiger partial charge in [-0.1, -0.05) is 0 Å². The zero-order valence-electron chi connectivity index (χ0n) is 16.8. The van der Waals surface area contributed by atoms with Crippen LogP contribution in [0.3, 0.4) is 0 Å². The Hall–Kier alpha value is -3.20. The van der Waals surface area contributed by atoms with Crippen LogP contribution in [0.1, 0.15) is 10.4 Å². The summed E-state index contributed by atoms with van der Waals surface area (Å²) in [5.74, 6) is -0.833. The minimum atomic E-state index is -0.951. The van der Waals surface area contributed by atoms with Crippen LogP contribution in [-0.4, -0.2) is 32.2 Å². The molecular weight excluding hydrogens is 414 g/mol. The maximum atomic E-state index is 13.5. The summed E-state index contributed by atoms with van der Waals surface area (Å²) in [4.78, 5) is 17.6. The van der Waals surface area contributed by atoms with E-state index in [2.05, 4.69) is 10.3 Å². The molecule has 0 fully saturated rings. The quantitative estimate of drug-likeness (QED) is 0.588. The number of amides is 1. The molecule has 9 heteroatoms. The van der Waals surface area contributed by atoms with Gasteiger partial charge in [0.05, 0.1) is 33.4 Å². The van der Waals surface area contributed by atoms with Gasteiger partial charge in [-0.15, -0.1) is 11.3 Å². The molecule has 0 unspecified atom stereocenters. The van der Waals surface area contributed by atoms with Crippen molar-refractivity contribution < 1.29 is 27.8 Å². The Morgan fingerprint density at radius 2 is 1.70 bits per heavy atom. The van der Waals surface area contributed by atoms with E-state index in [9.17, 15) is 13.6 Å². The Kier molecular flexibility index (Phi) is 6.51. The summed E-state index contributed by atoms with van der Waals surface area (Å²) in [6.45, 7) is 1.79. The molecular formula is C21H20F2N2O4S. The van der Waals surface area contributed by atoms with E-state index in [4.69, 9.17) is 14.2 Å². The summed E-state index contributed by atoms with van der Waals surface area (Å²) in [6, 6.07) is 6.97. The molecule has 0 bridgehead atoms. The number of ether oxygens (including phenoxy) is 3. The van der Waals surface area contributed by atoms with Crippen LogP contribution in [-0.2, 0) is 11.2 Å². The molecule has 0 aliphatic rings. The topological polar surface area (TPSA) is 69.7 Å². The molecule has 0 atom stereocenters. The number of benzene rings is 2. The van der Waals surface area contributed by atoms with Gasteiger partial charge in [0.1, 0.15) is 0 Å². The van der Waals surface area contributed by atoms with Gasteiger partial charge < -0.3 is 19.5 Å². The van der Waals surface area contributed by atoms with Crippen molar-refractivity contribution in [2.45, 2.75) is 13.3 Å². The fourth-order valence-corrected chi connectivity index (χ4v) is 3.80. The average molecular weight is 434 g/mol. The number of carbonyl (C=O) groups is 1. The van der Waals surface area contributed by atoms with E-state index in [0.29, 0.717) is 39.2 Å². The Morgan fingerprint density at radius 3 is 2.27 bits per heavy atom. The molecule has 6 nitrogen and oxygen atoms in total. The smallest absolute Gasteiger partial charge is 0.230 e. The molecule has 2 aromatic carbocycles. The SMILES string of the molecule is COc1cc(CC(=O)Nc2nc(-c3ccc(F)c(F)c3)c(C)s2)cc(OC)c1OC. The Balaban J connectivity index is 1.78. The van der Waals surface area contributed by atoms with Gasteiger partial charge in [-0.05, 0) is 42.8 Å². The molecule has 0 radical (unpaired) electrons. The van der Waals surface area contributed by atoms with E-state index in [1.807, 2.05) is 0 Å². The standard InChI is InChI=1S/C21H20F2N2O4S/c1-11-19(13-5-6-14(22)15(23)10-13)25-21(30-11)24-18(26)9-12-7-16(27-2)20(29-4)17(8-12)28-3/h5-8,10H,9H2,1-4H3,(H,24,25,26). The van der Waals surface area contributed by atoms with Gasteiger partial charge in [-0.2, -0.15) is 0 Å². The van der Waals surface area contributed by atoms with Gasteiger partial charge in [0.25, 0.3) is 0 Å². The predicted molar refractivity (Wildman–Crippen MR) is 111 cm³/mol. The number of methoxy groups -OCH3 is 3. The number of halogens is 2. The molecule has 0 aliphatic heterocycles. The summed E-state index contributed by atoms with van der Waals surface area (Å²) in [7, 11) is 4.50. The van der Waals surface area contributed by atoms with E-state index in [0.717, 1.165) is 17.0 Å². The lowest BCUT2D eigenvalue weighted by atomic mass is 10.1. The number of thiazole rings is 1. The summed E-state index contributed by atoms with van der Waals surface area (Å²) >= 11 is 1.25. The third kappa shape index (κ3) is 4.51. The van der Waals surface area contributed by atoms with Gasteiger partial charge in [0.2, 0.25) is 11.7 Å². The fraction of sp³-hybridized carbons (Fsp3) is 0.238. The molecule has 1 N–H and O–H groups in total. The minimum absolute atomic E-state index is 0.0514. The highest BCUT2D eigenvalue weighted by atomic mass is 32.1. The largest absolute Gasteiger partial charge is 0.493 e. The van der Waals surface area contributed by atoms with Crippen molar-refractivity contribution in [3.63, 3.8) is 0 Å². The van der Waals surface area contributed by atoms with E-state index >= 15 is 0 Å². The van der Waals surface area contributed by atoms with Crippen LogP contribution in [0.4, 0.5) is 13.9 Å². The summed E-state index contributed by atoms with van der Waals surface area (Å²) in [5, 5.41) is 3.10. The Labute approximate surface area is 176 Å². The normalized spacial score (nSPS) is 10.6. The maximum Gasteiger partial charge on any atom is 0.230 e. The van der Waals surface area contributed by atoms with Gasteiger partial charge in [-0.25, -0.2) is 13.8 Å². The van der Waals surface area contributed by atoms with Gasteiger partial charge in [0.15, 0.2) is 28.3 Å². The summed E-state index contributed by atoms with van der Waals surface area (Å²) in [6.07, 6.45) is 0.0514. The number of aryl methyl sites for hydroxylation is 1. The monoisotopic (exact) mass is 434 g/mol. The van der Waals surface area contributed by atoms with Crippen molar-refractivity contribution in [3.8, 4) is 28.5 Å². The van der Waals surface area contributed by atoms with Crippen LogP contribution in [0.2, 0.25) is 0 Å². The molecule has 1 heterocycles. The van der Waals surface area contributed by atoms with Crippen LogP contribution in [0.5, 0.6) is 17.2 Å². The van der Waals surface area contributed by atoms with Crippen LogP contribution in [0, 0.1) is 18.6 Å². The minimum Gasteiger partial charge on any atom is -0.493 e. The first-order chi connectivity index (χ1) is 14.4. The first kappa shape index (κ1) is 21.5. The lowest BCUT2D eigenvalue weighted by molar-refractivity contribution is -0.115. The van der Waals surface area contributed by atoms with Crippen molar-refractivity contribution >= 4 is 22.4 Å². The molecule has 30 heavy (non-hydrogen) atoms. The molecule has 3 rings (SSSR count). The van der Waals surface area contributed by atoms with E-state index in [-0.39, 0.29) is 12.3 Å². The van der Waals surface area contributed by atoms with Gasteiger partial charge >= 0.3 is 0 Å². The lowest BCUT2D eigenvalue weighted by Crippen LogP contribution is -2.14. The molecule has 158 valence electrons. The maximum absolute atomic E-state index is 13.5. The van der Waals surface area contributed by atoms with Crippen molar-refractivity contribution in [2.24, 2.45) is 0 Å². The van der Waals surface area contributed by atoms with E-state index in [1.54, 1.807) is 19.1 Å².